The second-order valence-electron chi connectivity index (χ2n) is 3.28. The minimum absolute atomic E-state index is 0. The fourth-order valence-electron chi connectivity index (χ4n) is 1.66. The molecule has 0 aliphatic heterocycles. The van der Waals surface area contributed by atoms with Crippen LogP contribution in [0, 0.1) is 0 Å². The van der Waals surface area contributed by atoms with E-state index >= 15 is 0 Å². The third-order valence-corrected chi connectivity index (χ3v) is 2.35. The average molecular weight is 292 g/mol. The summed E-state index contributed by atoms with van der Waals surface area (Å²) in [4.78, 5) is 21.7. The van der Waals surface area contributed by atoms with Gasteiger partial charge >= 0.3 is 103 Å². The quantitative estimate of drug-likeness (QED) is 0.516. The molecule has 0 N–H and O–H groups in total. The van der Waals surface area contributed by atoms with Crippen molar-refractivity contribution in [1.82, 2.24) is 0 Å². The summed E-state index contributed by atoms with van der Waals surface area (Å²) in [6, 6.07) is 9.34. The van der Waals surface area contributed by atoms with E-state index in [1.54, 1.807) is 18.2 Å². The van der Waals surface area contributed by atoms with E-state index < -0.39 is 11.9 Å². The van der Waals surface area contributed by atoms with Gasteiger partial charge in [-0.05, 0) is 10.8 Å². The number of hydrogen-bond acceptors (Lipinski definition) is 4. The normalized spacial score (nSPS) is 9.11. The molecule has 0 bridgehead atoms. The molecule has 0 saturated carbocycles. The smallest absolute Gasteiger partial charge is 0.545 e. The van der Waals surface area contributed by atoms with Crippen LogP contribution in [0.3, 0.4) is 0 Å². The molecule has 0 saturated heterocycles. The maximum Gasteiger partial charge on any atom is 1.00 e. The predicted molar refractivity (Wildman–Crippen MR) is 52.6 cm³/mol. The van der Waals surface area contributed by atoms with Gasteiger partial charge in [-0.3, -0.25) is 0 Å². The van der Waals surface area contributed by atoms with Gasteiger partial charge in [-0.1, -0.05) is 36.4 Å². The van der Waals surface area contributed by atoms with Crippen LogP contribution in [0.5, 0.6) is 0 Å². The number of aromatic carboxylic acids is 2. The Balaban J connectivity index is 0.00000144. The van der Waals surface area contributed by atoms with Crippen LogP contribution in [0.1, 0.15) is 20.7 Å². The fraction of sp³-hybridized carbons (Fsp3) is 0. The third kappa shape index (κ3) is 3.95. The van der Waals surface area contributed by atoms with Crippen molar-refractivity contribution >= 4 is 22.7 Å². The van der Waals surface area contributed by atoms with E-state index in [1.165, 1.54) is 18.2 Å². The number of benzene rings is 2. The van der Waals surface area contributed by atoms with Crippen molar-refractivity contribution in [2.45, 2.75) is 0 Å². The number of fused-ring (bicyclic) bond motifs is 1. The summed E-state index contributed by atoms with van der Waals surface area (Å²) in [6.07, 6.45) is 0. The monoisotopic (exact) mass is 292 g/mol. The first-order valence-electron chi connectivity index (χ1n) is 4.55. The summed E-state index contributed by atoms with van der Waals surface area (Å²) >= 11 is 0. The van der Waals surface area contributed by atoms with Crippen molar-refractivity contribution in [2.24, 2.45) is 0 Å². The molecule has 2 rings (SSSR count). The summed E-state index contributed by atoms with van der Waals surface area (Å²) < 4.78 is 0. The molecule has 80 valence electrons. The van der Waals surface area contributed by atoms with E-state index in [2.05, 4.69) is 0 Å². The van der Waals surface area contributed by atoms with E-state index in [-0.39, 0.29) is 114 Å². The topological polar surface area (TPSA) is 80.3 Å². The van der Waals surface area contributed by atoms with E-state index in [1.807, 2.05) is 0 Å². The van der Waals surface area contributed by atoms with Gasteiger partial charge in [0.1, 0.15) is 0 Å². The van der Waals surface area contributed by atoms with Crippen LogP contribution >= 0.6 is 0 Å². The van der Waals surface area contributed by atoms with Gasteiger partial charge in [0.25, 0.3) is 0 Å². The maximum atomic E-state index is 10.9. The molecular formula is C12H6K2O4. The first kappa shape index (κ1) is 18.9. The Hall–Kier alpha value is 0.913. The Morgan fingerprint density at radius 1 is 0.833 bits per heavy atom. The number of hydrogen-bond donors (Lipinski definition) is 0. The van der Waals surface area contributed by atoms with Crippen molar-refractivity contribution in [3.63, 3.8) is 0 Å². The molecule has 2 aromatic rings. The zero-order chi connectivity index (χ0) is 11.7. The average Bonchev–Trinajstić information content (AvgIpc) is 2.27. The molecule has 0 aromatic heterocycles. The number of rotatable bonds is 2. The predicted octanol–water partition coefficient (Wildman–Crippen LogP) is -6.43. The Morgan fingerprint density at radius 2 is 1.44 bits per heavy atom. The summed E-state index contributed by atoms with van der Waals surface area (Å²) in [5, 5.41) is 22.7. The van der Waals surface area contributed by atoms with Crippen LogP contribution in [0.4, 0.5) is 0 Å². The molecule has 0 unspecified atom stereocenters. The zero-order valence-corrected chi connectivity index (χ0v) is 16.3. The minimum Gasteiger partial charge on any atom is -0.545 e. The molecule has 2 aromatic carbocycles. The Bertz CT molecular complexity index is 596. The first-order valence-corrected chi connectivity index (χ1v) is 4.55. The second kappa shape index (κ2) is 8.26. The van der Waals surface area contributed by atoms with Crippen LogP contribution in [0.25, 0.3) is 10.8 Å². The van der Waals surface area contributed by atoms with Crippen LogP contribution in [-0.4, -0.2) is 11.9 Å². The Kier molecular flexibility index (Phi) is 8.67. The molecule has 0 amide bonds. The number of carboxylic acids is 2. The van der Waals surface area contributed by atoms with Crippen LogP contribution < -0.4 is 113 Å². The SMILES string of the molecule is O=C([O-])c1ccc2ccccc2c1C(=O)[O-].[K+].[K+]. The van der Waals surface area contributed by atoms with Crippen molar-refractivity contribution < 1.29 is 123 Å². The molecule has 0 heterocycles. The molecule has 18 heavy (non-hydrogen) atoms. The maximum absolute atomic E-state index is 10.9. The molecule has 0 radical (unpaired) electrons. The van der Waals surface area contributed by atoms with Gasteiger partial charge in [0.05, 0.1) is 11.9 Å². The van der Waals surface area contributed by atoms with Gasteiger partial charge in [-0.2, -0.15) is 0 Å². The van der Waals surface area contributed by atoms with Gasteiger partial charge in [0.2, 0.25) is 0 Å². The fourth-order valence-corrected chi connectivity index (χ4v) is 1.66. The summed E-state index contributed by atoms with van der Waals surface area (Å²) in [6.45, 7) is 0. The van der Waals surface area contributed by atoms with Crippen LogP contribution in [0.15, 0.2) is 36.4 Å². The van der Waals surface area contributed by atoms with Crippen LogP contribution in [0.2, 0.25) is 0 Å². The third-order valence-electron chi connectivity index (χ3n) is 2.35. The van der Waals surface area contributed by atoms with Gasteiger partial charge in [-0.25, -0.2) is 0 Å². The number of carboxylic acid groups (broad SMARTS) is 2. The molecule has 0 spiro atoms. The van der Waals surface area contributed by atoms with Crippen molar-refractivity contribution in [2.75, 3.05) is 0 Å². The summed E-state index contributed by atoms with van der Waals surface area (Å²) in [5.74, 6) is -3.04. The van der Waals surface area contributed by atoms with Gasteiger partial charge < -0.3 is 19.8 Å². The van der Waals surface area contributed by atoms with Crippen molar-refractivity contribution in [3.05, 3.63) is 47.5 Å². The van der Waals surface area contributed by atoms with E-state index in [0.717, 1.165) is 0 Å². The first-order chi connectivity index (χ1) is 7.61. The Labute approximate surface area is 189 Å². The number of carbonyl (C=O) groups is 2. The Morgan fingerprint density at radius 3 is 2.00 bits per heavy atom. The standard InChI is InChI=1S/C12H8O4.2K/c13-11(14)9-6-5-7-3-1-2-4-8(7)10(9)12(15)16;;/h1-6H,(H,13,14)(H,15,16);;/q;2*+1/p-2. The minimum atomic E-state index is -1.52. The second-order valence-corrected chi connectivity index (χ2v) is 3.28. The molecule has 4 nitrogen and oxygen atoms in total. The molecule has 0 atom stereocenters. The van der Waals surface area contributed by atoms with E-state index in [0.29, 0.717) is 10.8 Å². The molecule has 6 heteroatoms. The van der Waals surface area contributed by atoms with Crippen LogP contribution in [-0.2, 0) is 0 Å². The van der Waals surface area contributed by atoms with Gasteiger partial charge in [-0.15, -0.1) is 0 Å². The summed E-state index contributed by atoms with van der Waals surface area (Å²) in [7, 11) is 0. The number of carbonyl (C=O) groups excluding carboxylic acids is 2. The zero-order valence-electron chi connectivity index (χ0n) is 10.1. The van der Waals surface area contributed by atoms with Gasteiger partial charge in [0.15, 0.2) is 0 Å². The van der Waals surface area contributed by atoms with Gasteiger partial charge in [0, 0.05) is 11.1 Å². The largest absolute Gasteiger partial charge is 1.00 e. The van der Waals surface area contributed by atoms with Crippen molar-refractivity contribution in [1.29, 1.82) is 0 Å². The molecule has 0 fully saturated rings. The molecule has 0 aliphatic carbocycles. The molecular weight excluding hydrogens is 286 g/mol. The van der Waals surface area contributed by atoms with Crippen molar-refractivity contribution in [3.8, 4) is 0 Å². The van der Waals surface area contributed by atoms with E-state index in [4.69, 9.17) is 0 Å². The van der Waals surface area contributed by atoms with E-state index in [9.17, 15) is 19.8 Å². The summed E-state index contributed by atoms with van der Waals surface area (Å²) in [5.41, 5.74) is -0.697. The molecule has 0 aliphatic rings.